The average Bonchev–Trinajstić information content (AvgIpc) is 2.62. The first-order valence-electron chi connectivity index (χ1n) is 10.7. The van der Waals surface area contributed by atoms with Crippen molar-refractivity contribution in [1.29, 1.82) is 0 Å². The predicted molar refractivity (Wildman–Crippen MR) is 94.9 cm³/mol. The Morgan fingerprint density at radius 1 is 0.778 bits per heavy atom. The normalized spacial score (nSPS) is 44.2. The third-order valence-electron chi connectivity index (χ3n) is 7.12. The molecule has 0 aromatic rings. The molecule has 0 amide bonds. The van der Waals surface area contributed by atoms with Gasteiger partial charge in [-0.3, -0.25) is 0 Å². The second-order valence-electron chi connectivity index (χ2n) is 9.33. The van der Waals surface area contributed by atoms with Gasteiger partial charge in [0.05, 0.1) is 12.0 Å². The summed E-state index contributed by atoms with van der Waals surface area (Å²) in [5.41, 5.74) is 0. The summed E-state index contributed by atoms with van der Waals surface area (Å²) in [7, 11) is 0. The lowest BCUT2D eigenvalue weighted by Crippen LogP contribution is -2.45. The molecule has 0 aliphatic heterocycles. The van der Waals surface area contributed by atoms with Crippen LogP contribution in [-0.2, 0) is 4.74 Å². The number of alkyl halides is 5. The molecule has 27 heavy (non-hydrogen) atoms. The molecule has 3 aliphatic carbocycles. The van der Waals surface area contributed by atoms with Crippen molar-refractivity contribution in [2.24, 2.45) is 23.7 Å². The first-order valence-corrected chi connectivity index (χ1v) is 10.7. The van der Waals surface area contributed by atoms with Crippen molar-refractivity contribution in [3.8, 4) is 0 Å². The van der Waals surface area contributed by atoms with Crippen molar-refractivity contribution in [1.82, 2.24) is 0 Å². The van der Waals surface area contributed by atoms with Gasteiger partial charge in [-0.15, -0.1) is 0 Å². The van der Waals surface area contributed by atoms with Crippen molar-refractivity contribution >= 4 is 0 Å². The van der Waals surface area contributed by atoms with Crippen LogP contribution in [0.1, 0.15) is 77.6 Å². The summed E-state index contributed by atoms with van der Waals surface area (Å²) in [6.45, 7) is 2.29. The van der Waals surface area contributed by atoms with Gasteiger partial charge < -0.3 is 4.74 Å². The quantitative estimate of drug-likeness (QED) is 0.465. The van der Waals surface area contributed by atoms with Crippen molar-refractivity contribution in [3.63, 3.8) is 0 Å². The highest BCUT2D eigenvalue weighted by molar-refractivity contribution is 4.89. The van der Waals surface area contributed by atoms with Crippen LogP contribution in [0.3, 0.4) is 0 Å². The Morgan fingerprint density at radius 3 is 1.78 bits per heavy atom. The van der Waals surface area contributed by atoms with E-state index in [0.29, 0.717) is 18.8 Å². The van der Waals surface area contributed by atoms with E-state index in [1.165, 1.54) is 25.7 Å². The molecule has 3 saturated carbocycles. The molecule has 158 valence electrons. The maximum absolute atomic E-state index is 14.5. The van der Waals surface area contributed by atoms with E-state index in [4.69, 9.17) is 4.74 Å². The lowest BCUT2D eigenvalue weighted by Gasteiger charge is -2.38. The molecule has 0 aromatic heterocycles. The molecule has 6 heteroatoms. The lowest BCUT2D eigenvalue weighted by molar-refractivity contribution is -0.306. The fraction of sp³-hybridized carbons (Fsp3) is 1.00. The topological polar surface area (TPSA) is 9.23 Å². The summed E-state index contributed by atoms with van der Waals surface area (Å²) >= 11 is 0. The Bertz CT molecular complexity index is 445. The van der Waals surface area contributed by atoms with Gasteiger partial charge in [-0.1, -0.05) is 32.6 Å². The molecule has 0 heterocycles. The van der Waals surface area contributed by atoms with Gasteiger partial charge >= 0.3 is 6.11 Å². The van der Waals surface area contributed by atoms with E-state index in [-0.39, 0.29) is 0 Å². The molecule has 3 fully saturated rings. The molecule has 1 nitrogen and oxygen atoms in total. The van der Waals surface area contributed by atoms with Crippen LogP contribution in [0.25, 0.3) is 0 Å². The maximum Gasteiger partial charge on any atom is 0.358 e. The Balaban J connectivity index is 1.44. The third-order valence-corrected chi connectivity index (χ3v) is 7.12. The van der Waals surface area contributed by atoms with Gasteiger partial charge in [0, 0.05) is 12.8 Å². The largest absolute Gasteiger partial charge is 0.358 e. The van der Waals surface area contributed by atoms with E-state index in [2.05, 4.69) is 6.92 Å². The van der Waals surface area contributed by atoms with E-state index < -0.39 is 49.5 Å². The Morgan fingerprint density at radius 2 is 1.26 bits per heavy atom. The SMILES string of the molecule is CC1CCC(CC2CCC(C(F)(F)OC3CC(F)C(F)C(F)C3)CC2)CC1. The van der Waals surface area contributed by atoms with Crippen LogP contribution < -0.4 is 0 Å². The van der Waals surface area contributed by atoms with Crippen molar-refractivity contribution in [2.75, 3.05) is 0 Å². The fourth-order valence-electron chi connectivity index (χ4n) is 5.27. The molecular weight excluding hydrogens is 363 g/mol. The second kappa shape index (κ2) is 8.96. The van der Waals surface area contributed by atoms with Crippen LogP contribution in [0, 0.1) is 23.7 Å². The molecule has 0 saturated heterocycles. The number of halogens is 5. The Labute approximate surface area is 159 Å². The molecule has 3 aliphatic rings. The number of hydrogen-bond donors (Lipinski definition) is 0. The van der Waals surface area contributed by atoms with Crippen molar-refractivity contribution in [2.45, 2.75) is 108 Å². The Hall–Kier alpha value is -0.390. The molecule has 3 rings (SSSR count). The summed E-state index contributed by atoms with van der Waals surface area (Å²) < 4.78 is 74.0. The zero-order valence-corrected chi connectivity index (χ0v) is 16.2. The second-order valence-corrected chi connectivity index (χ2v) is 9.33. The lowest BCUT2D eigenvalue weighted by atomic mass is 9.73. The van der Waals surface area contributed by atoms with Gasteiger partial charge in [0.2, 0.25) is 0 Å². The van der Waals surface area contributed by atoms with E-state index in [9.17, 15) is 22.0 Å². The maximum atomic E-state index is 14.5. The van der Waals surface area contributed by atoms with Crippen molar-refractivity contribution in [3.05, 3.63) is 0 Å². The van der Waals surface area contributed by atoms with Gasteiger partial charge in [-0.2, -0.15) is 8.78 Å². The summed E-state index contributed by atoms with van der Waals surface area (Å²) in [5.74, 6) is 1.15. The van der Waals surface area contributed by atoms with Crippen LogP contribution in [0.5, 0.6) is 0 Å². The minimum atomic E-state index is -3.39. The summed E-state index contributed by atoms with van der Waals surface area (Å²) in [6, 6.07) is 0. The Kier molecular flexibility index (Phi) is 7.07. The van der Waals surface area contributed by atoms with Crippen LogP contribution in [0.2, 0.25) is 0 Å². The minimum absolute atomic E-state index is 0.386. The zero-order valence-electron chi connectivity index (χ0n) is 16.2. The highest BCUT2D eigenvalue weighted by atomic mass is 19.3. The van der Waals surface area contributed by atoms with Crippen LogP contribution in [0.15, 0.2) is 0 Å². The smallest absolute Gasteiger partial charge is 0.317 e. The number of ether oxygens (including phenoxy) is 1. The average molecular weight is 396 g/mol. The van der Waals surface area contributed by atoms with E-state index in [0.717, 1.165) is 31.1 Å². The molecular formula is C21H33F5O. The first kappa shape index (κ1) is 21.3. The van der Waals surface area contributed by atoms with Gasteiger partial charge in [-0.05, 0) is 49.9 Å². The monoisotopic (exact) mass is 396 g/mol. The fourth-order valence-corrected chi connectivity index (χ4v) is 5.27. The van der Waals surface area contributed by atoms with Crippen molar-refractivity contribution < 1.29 is 26.7 Å². The summed E-state index contributed by atoms with van der Waals surface area (Å²) in [6.07, 6.45) is -3.47. The molecule has 2 atom stereocenters. The van der Waals surface area contributed by atoms with E-state index >= 15 is 0 Å². The highest BCUT2D eigenvalue weighted by Gasteiger charge is 2.48. The predicted octanol–water partition coefficient (Wildman–Crippen LogP) is 6.80. The number of rotatable bonds is 5. The van der Waals surface area contributed by atoms with Gasteiger partial charge in [0.15, 0.2) is 6.17 Å². The van der Waals surface area contributed by atoms with Gasteiger partial charge in [0.25, 0.3) is 0 Å². The standard InChI is InChI=1S/C21H33F5O/c1-13-2-4-14(5-3-13)10-15-6-8-16(9-7-15)21(25,26)27-17-11-18(22)20(24)19(23)12-17/h13-20H,2-12H2,1H3. The molecule has 0 radical (unpaired) electrons. The number of hydrogen-bond acceptors (Lipinski definition) is 1. The van der Waals surface area contributed by atoms with E-state index in [1.54, 1.807) is 0 Å². The molecule has 0 aromatic carbocycles. The summed E-state index contributed by atoms with van der Waals surface area (Å²) in [4.78, 5) is 0. The molecule has 0 bridgehead atoms. The van der Waals surface area contributed by atoms with Gasteiger partial charge in [0.1, 0.15) is 12.3 Å². The molecule has 0 N–H and O–H groups in total. The molecule has 0 spiro atoms. The molecule has 2 unspecified atom stereocenters. The highest BCUT2D eigenvalue weighted by Crippen LogP contribution is 2.44. The minimum Gasteiger partial charge on any atom is -0.317 e. The van der Waals surface area contributed by atoms with E-state index in [1.807, 2.05) is 0 Å². The van der Waals surface area contributed by atoms with Crippen LogP contribution >= 0.6 is 0 Å². The zero-order chi connectivity index (χ0) is 19.6. The van der Waals surface area contributed by atoms with Crippen LogP contribution in [-0.4, -0.2) is 30.7 Å². The van der Waals surface area contributed by atoms with Crippen LogP contribution in [0.4, 0.5) is 22.0 Å². The third kappa shape index (κ3) is 5.57. The van der Waals surface area contributed by atoms with Gasteiger partial charge in [-0.25, -0.2) is 13.2 Å². The summed E-state index contributed by atoms with van der Waals surface area (Å²) in [5, 5.41) is 0. The first-order chi connectivity index (χ1) is 12.7.